The number of amides is 4. The number of aryl methyl sites for hydroxylation is 1. The Balaban J connectivity index is 1.36. The number of fused-ring (bicyclic) bond motifs is 1. The van der Waals surface area contributed by atoms with Gasteiger partial charge in [-0.1, -0.05) is 48.0 Å². The van der Waals surface area contributed by atoms with Crippen LogP contribution in [-0.4, -0.2) is 51.3 Å². The zero-order chi connectivity index (χ0) is 21.6. The van der Waals surface area contributed by atoms with Crippen LogP contribution < -0.4 is 5.32 Å². The van der Waals surface area contributed by atoms with Gasteiger partial charge in [-0.3, -0.25) is 14.5 Å². The van der Waals surface area contributed by atoms with Crippen molar-refractivity contribution in [3.05, 3.63) is 71.4 Å². The third kappa shape index (κ3) is 3.36. The number of imide groups is 1. The number of rotatable bonds is 3. The summed E-state index contributed by atoms with van der Waals surface area (Å²) in [5, 5.41) is 3.86. The van der Waals surface area contributed by atoms with E-state index in [-0.39, 0.29) is 24.9 Å². The standard InChI is InChI=1S/C24H24N4O3/c1-16-7-9-17(10-8-16)14-28-22(30)24(26-23(28)31)11-4-12-27(15-24)21(29)20-13-18-5-2-3-6-19(18)25-20/h2-3,5-10,13,25H,4,11-12,14-15H2,1H3,(H,26,31). The van der Waals surface area contributed by atoms with Crippen LogP contribution in [0.1, 0.15) is 34.5 Å². The van der Waals surface area contributed by atoms with Crippen molar-refractivity contribution in [2.24, 2.45) is 0 Å². The maximum atomic E-state index is 13.3. The first kappa shape index (κ1) is 19.4. The molecular weight excluding hydrogens is 392 g/mol. The van der Waals surface area contributed by atoms with Crippen molar-refractivity contribution in [2.75, 3.05) is 13.1 Å². The van der Waals surface area contributed by atoms with Gasteiger partial charge in [0.15, 0.2) is 0 Å². The van der Waals surface area contributed by atoms with E-state index in [4.69, 9.17) is 0 Å². The van der Waals surface area contributed by atoms with Gasteiger partial charge in [0.05, 0.1) is 13.1 Å². The molecule has 1 unspecified atom stereocenters. The molecule has 31 heavy (non-hydrogen) atoms. The molecule has 5 rings (SSSR count). The average molecular weight is 416 g/mol. The van der Waals surface area contributed by atoms with Crippen LogP contribution in [0.2, 0.25) is 0 Å². The summed E-state index contributed by atoms with van der Waals surface area (Å²) in [5.74, 6) is -0.415. The van der Waals surface area contributed by atoms with Crippen LogP contribution in [0.4, 0.5) is 4.79 Å². The highest BCUT2D eigenvalue weighted by Crippen LogP contribution is 2.30. The van der Waals surface area contributed by atoms with Gasteiger partial charge >= 0.3 is 6.03 Å². The predicted octanol–water partition coefficient (Wildman–Crippen LogP) is 3.20. The van der Waals surface area contributed by atoms with Gasteiger partial charge in [0, 0.05) is 17.4 Å². The fourth-order valence-electron chi connectivity index (χ4n) is 4.56. The monoisotopic (exact) mass is 416 g/mol. The first-order valence-corrected chi connectivity index (χ1v) is 10.5. The second-order valence-electron chi connectivity index (χ2n) is 8.49. The molecule has 0 radical (unpaired) electrons. The van der Waals surface area contributed by atoms with Crippen molar-refractivity contribution in [1.29, 1.82) is 0 Å². The Bertz CT molecular complexity index is 1150. The minimum absolute atomic E-state index is 0.158. The number of hydrogen-bond acceptors (Lipinski definition) is 3. The third-order valence-corrected chi connectivity index (χ3v) is 6.25. The number of hydrogen-bond donors (Lipinski definition) is 2. The van der Waals surface area contributed by atoms with E-state index in [1.54, 1.807) is 4.90 Å². The predicted molar refractivity (Wildman–Crippen MR) is 116 cm³/mol. The summed E-state index contributed by atoms with van der Waals surface area (Å²) in [6.45, 7) is 2.95. The Kier molecular flexibility index (Phi) is 4.54. The number of para-hydroxylation sites is 1. The second kappa shape index (κ2) is 7.27. The molecule has 2 fully saturated rings. The summed E-state index contributed by atoms with van der Waals surface area (Å²) in [7, 11) is 0. The molecule has 158 valence electrons. The molecular formula is C24H24N4O3. The SMILES string of the molecule is Cc1ccc(CN2C(=O)NC3(CCCN(C(=O)c4cc5ccccc5[nH]4)C3)C2=O)cc1. The minimum atomic E-state index is -1.05. The van der Waals surface area contributed by atoms with Gasteiger partial charge in [0.25, 0.3) is 11.8 Å². The molecule has 2 saturated heterocycles. The summed E-state index contributed by atoms with van der Waals surface area (Å²) in [6.07, 6.45) is 1.18. The lowest BCUT2D eigenvalue weighted by Crippen LogP contribution is -2.59. The quantitative estimate of drug-likeness (QED) is 0.643. The van der Waals surface area contributed by atoms with Gasteiger partial charge in [0.2, 0.25) is 0 Å². The van der Waals surface area contributed by atoms with E-state index in [0.29, 0.717) is 25.1 Å². The van der Waals surface area contributed by atoms with Gasteiger partial charge in [0.1, 0.15) is 11.2 Å². The molecule has 1 atom stereocenters. The fourth-order valence-corrected chi connectivity index (χ4v) is 4.56. The van der Waals surface area contributed by atoms with Crippen molar-refractivity contribution >= 4 is 28.7 Å². The van der Waals surface area contributed by atoms with Crippen LogP contribution >= 0.6 is 0 Å². The number of urea groups is 1. The van der Waals surface area contributed by atoms with Crippen molar-refractivity contribution in [2.45, 2.75) is 31.8 Å². The first-order chi connectivity index (χ1) is 14.9. The van der Waals surface area contributed by atoms with Crippen LogP contribution in [0.5, 0.6) is 0 Å². The van der Waals surface area contributed by atoms with Gasteiger partial charge in [-0.15, -0.1) is 0 Å². The summed E-state index contributed by atoms with van der Waals surface area (Å²) in [6, 6.07) is 16.9. The normalized spacial score (nSPS) is 21.2. The molecule has 0 aliphatic carbocycles. The molecule has 7 heteroatoms. The first-order valence-electron chi connectivity index (χ1n) is 10.5. The van der Waals surface area contributed by atoms with Crippen LogP contribution in [0.3, 0.4) is 0 Å². The molecule has 3 heterocycles. The lowest BCUT2D eigenvalue weighted by Gasteiger charge is -2.38. The number of H-pyrrole nitrogens is 1. The van der Waals surface area contributed by atoms with Crippen molar-refractivity contribution < 1.29 is 14.4 Å². The Morgan fingerprint density at radius 2 is 1.87 bits per heavy atom. The van der Waals surface area contributed by atoms with Gasteiger partial charge < -0.3 is 15.2 Å². The molecule has 2 aliphatic heterocycles. The number of aromatic amines is 1. The molecule has 7 nitrogen and oxygen atoms in total. The van der Waals surface area contributed by atoms with E-state index < -0.39 is 11.6 Å². The van der Waals surface area contributed by atoms with Crippen molar-refractivity contribution in [1.82, 2.24) is 20.1 Å². The number of aromatic nitrogens is 1. The largest absolute Gasteiger partial charge is 0.351 e. The topological polar surface area (TPSA) is 85.5 Å². The number of carbonyl (C=O) groups is 3. The second-order valence-corrected chi connectivity index (χ2v) is 8.49. The molecule has 2 aromatic carbocycles. The number of carbonyl (C=O) groups excluding carboxylic acids is 3. The van der Waals surface area contributed by atoms with E-state index in [1.165, 1.54) is 4.90 Å². The lowest BCUT2D eigenvalue weighted by molar-refractivity contribution is -0.133. The van der Waals surface area contributed by atoms with Crippen molar-refractivity contribution in [3.8, 4) is 0 Å². The van der Waals surface area contributed by atoms with Gasteiger partial charge in [-0.25, -0.2) is 4.79 Å². The highest BCUT2D eigenvalue weighted by molar-refractivity contribution is 6.08. The molecule has 1 spiro atoms. The zero-order valence-corrected chi connectivity index (χ0v) is 17.4. The number of nitrogens with one attached hydrogen (secondary N) is 2. The Labute approximate surface area is 180 Å². The van der Waals surface area contributed by atoms with E-state index in [2.05, 4.69) is 10.3 Å². The molecule has 2 N–H and O–H groups in total. The highest BCUT2D eigenvalue weighted by atomic mass is 16.2. The third-order valence-electron chi connectivity index (χ3n) is 6.25. The molecule has 3 aromatic rings. The van der Waals surface area contributed by atoms with Crippen LogP contribution in [0.25, 0.3) is 10.9 Å². The Hall–Kier alpha value is -3.61. The number of likely N-dealkylation sites (tertiary alicyclic amines) is 1. The Morgan fingerprint density at radius 1 is 1.10 bits per heavy atom. The lowest BCUT2D eigenvalue weighted by atomic mass is 9.88. The maximum absolute atomic E-state index is 13.3. The van der Waals surface area contributed by atoms with Gasteiger partial charge in [-0.2, -0.15) is 0 Å². The minimum Gasteiger partial charge on any atom is -0.351 e. The van der Waals surface area contributed by atoms with E-state index >= 15 is 0 Å². The van der Waals surface area contributed by atoms with E-state index in [0.717, 1.165) is 22.0 Å². The average Bonchev–Trinajstić information content (AvgIpc) is 3.30. The van der Waals surface area contributed by atoms with Crippen LogP contribution in [0.15, 0.2) is 54.6 Å². The molecule has 0 saturated carbocycles. The Morgan fingerprint density at radius 3 is 2.65 bits per heavy atom. The summed E-state index contributed by atoms with van der Waals surface area (Å²) in [5.41, 5.74) is 2.35. The number of benzene rings is 2. The van der Waals surface area contributed by atoms with Crippen LogP contribution in [-0.2, 0) is 11.3 Å². The van der Waals surface area contributed by atoms with Crippen molar-refractivity contribution in [3.63, 3.8) is 0 Å². The summed E-state index contributed by atoms with van der Waals surface area (Å²) >= 11 is 0. The van der Waals surface area contributed by atoms with Gasteiger partial charge in [-0.05, 0) is 37.5 Å². The molecule has 1 aromatic heterocycles. The smallest absolute Gasteiger partial charge is 0.325 e. The molecule has 0 bridgehead atoms. The van der Waals surface area contributed by atoms with E-state index in [9.17, 15) is 14.4 Å². The highest BCUT2D eigenvalue weighted by Gasteiger charge is 2.53. The summed E-state index contributed by atoms with van der Waals surface area (Å²) in [4.78, 5) is 45.2. The van der Waals surface area contributed by atoms with E-state index in [1.807, 2.05) is 61.5 Å². The fraction of sp³-hybridized carbons (Fsp3) is 0.292. The maximum Gasteiger partial charge on any atom is 0.325 e. The molecule has 2 aliphatic rings. The van der Waals surface area contributed by atoms with Crippen LogP contribution in [0, 0.1) is 6.92 Å². The molecule has 4 amide bonds. The zero-order valence-electron chi connectivity index (χ0n) is 17.4. The number of piperidine rings is 1. The summed E-state index contributed by atoms with van der Waals surface area (Å²) < 4.78 is 0. The number of nitrogens with zero attached hydrogens (tertiary/aromatic N) is 2.